The molecule has 0 unspecified atom stereocenters. The lowest BCUT2D eigenvalue weighted by Crippen LogP contribution is -2.17. The Hall–Kier alpha value is -1.71. The first-order valence-corrected chi connectivity index (χ1v) is 5.37. The maximum Gasteiger partial charge on any atom is 0.271 e. The predicted octanol–water partition coefficient (Wildman–Crippen LogP) is 2.06. The van der Waals surface area contributed by atoms with E-state index < -0.39 is 0 Å². The van der Waals surface area contributed by atoms with Crippen LogP contribution in [0.25, 0.3) is 11.2 Å². The van der Waals surface area contributed by atoms with Crippen LogP contribution in [0.3, 0.4) is 0 Å². The van der Waals surface area contributed by atoms with Crippen LogP contribution in [0, 0.1) is 13.8 Å². The number of nitrogens with one attached hydrogen (secondary N) is 1. The molecule has 0 amide bonds. The fourth-order valence-corrected chi connectivity index (χ4v) is 1.79. The zero-order chi connectivity index (χ0) is 11.9. The number of aromatic amines is 1. The Morgan fingerprint density at radius 3 is 2.56 bits per heavy atom. The first-order chi connectivity index (χ1) is 7.49. The summed E-state index contributed by atoms with van der Waals surface area (Å²) in [6, 6.07) is 1.97. The van der Waals surface area contributed by atoms with E-state index in [-0.39, 0.29) is 11.5 Å². The lowest BCUT2D eigenvalue weighted by Gasteiger charge is -2.07. The van der Waals surface area contributed by atoms with E-state index in [1.807, 2.05) is 33.8 Å². The van der Waals surface area contributed by atoms with Gasteiger partial charge in [0, 0.05) is 11.6 Å². The molecule has 4 nitrogen and oxygen atoms in total. The van der Waals surface area contributed by atoms with Gasteiger partial charge >= 0.3 is 0 Å². The molecule has 0 aromatic carbocycles. The minimum Gasteiger partial charge on any atom is -0.304 e. The largest absolute Gasteiger partial charge is 0.304 e. The Morgan fingerprint density at radius 2 is 1.94 bits per heavy atom. The molecule has 0 fully saturated rings. The van der Waals surface area contributed by atoms with Crippen LogP contribution < -0.4 is 5.56 Å². The van der Waals surface area contributed by atoms with Gasteiger partial charge in [-0.1, -0.05) is 13.8 Å². The molecule has 0 radical (unpaired) electrons. The van der Waals surface area contributed by atoms with E-state index in [4.69, 9.17) is 0 Å². The molecule has 84 valence electrons. The number of hydrogen-bond acceptors (Lipinski definition) is 3. The van der Waals surface area contributed by atoms with Gasteiger partial charge in [0.15, 0.2) is 5.65 Å². The molecule has 0 bridgehead atoms. The normalized spacial score (nSPS) is 11.3. The fourth-order valence-electron chi connectivity index (χ4n) is 1.79. The molecule has 2 rings (SSSR count). The van der Waals surface area contributed by atoms with Crippen LogP contribution in [0.1, 0.15) is 36.7 Å². The van der Waals surface area contributed by atoms with E-state index in [1.54, 1.807) is 0 Å². The van der Waals surface area contributed by atoms with Gasteiger partial charge in [0.25, 0.3) is 5.56 Å². The second kappa shape index (κ2) is 3.70. The van der Waals surface area contributed by atoms with Gasteiger partial charge in [-0.2, -0.15) is 0 Å². The van der Waals surface area contributed by atoms with Crippen LogP contribution in [0.15, 0.2) is 10.9 Å². The molecule has 0 aliphatic carbocycles. The molecule has 4 heteroatoms. The summed E-state index contributed by atoms with van der Waals surface area (Å²) < 4.78 is 0. The number of pyridine rings is 1. The van der Waals surface area contributed by atoms with E-state index in [0.29, 0.717) is 11.3 Å². The second-order valence-corrected chi connectivity index (χ2v) is 4.38. The molecule has 0 saturated carbocycles. The van der Waals surface area contributed by atoms with E-state index in [9.17, 15) is 4.79 Å². The molecule has 0 aliphatic heterocycles. The van der Waals surface area contributed by atoms with Gasteiger partial charge in [-0.3, -0.25) is 4.79 Å². The van der Waals surface area contributed by atoms with E-state index >= 15 is 0 Å². The van der Waals surface area contributed by atoms with Crippen molar-refractivity contribution in [3.8, 4) is 0 Å². The molecule has 0 saturated heterocycles. The summed E-state index contributed by atoms with van der Waals surface area (Å²) in [5.41, 5.74) is 3.72. The molecule has 2 aromatic heterocycles. The van der Waals surface area contributed by atoms with Gasteiger partial charge in [-0.15, -0.1) is 0 Å². The molecule has 0 spiro atoms. The zero-order valence-electron chi connectivity index (χ0n) is 9.96. The highest BCUT2D eigenvalue weighted by Crippen LogP contribution is 2.15. The minimum atomic E-state index is -0.139. The minimum absolute atomic E-state index is 0.119. The molecule has 0 atom stereocenters. The standard InChI is InChI=1S/C12H15N3O/c1-6(2)9-12(16)15-11-10(14-9)7(3)5-8(4)13-11/h5-6H,1-4H3,(H,13,15,16). The SMILES string of the molecule is Cc1cc(C)c2nc(C(C)C)c(=O)[nH]c2n1. The van der Waals surface area contributed by atoms with Crippen molar-refractivity contribution in [2.24, 2.45) is 0 Å². The van der Waals surface area contributed by atoms with Crippen LogP contribution in [0.4, 0.5) is 0 Å². The van der Waals surface area contributed by atoms with Gasteiger partial charge in [0.1, 0.15) is 11.2 Å². The first-order valence-electron chi connectivity index (χ1n) is 5.37. The summed E-state index contributed by atoms with van der Waals surface area (Å²) in [7, 11) is 0. The molecule has 2 aromatic rings. The average molecular weight is 217 g/mol. The third-order valence-corrected chi connectivity index (χ3v) is 2.56. The van der Waals surface area contributed by atoms with Crippen LogP contribution in [0.2, 0.25) is 0 Å². The Balaban J connectivity index is 2.85. The van der Waals surface area contributed by atoms with Gasteiger partial charge < -0.3 is 4.98 Å². The van der Waals surface area contributed by atoms with Crippen molar-refractivity contribution in [1.29, 1.82) is 0 Å². The van der Waals surface area contributed by atoms with E-state index in [1.165, 1.54) is 0 Å². The number of aromatic nitrogens is 3. The van der Waals surface area contributed by atoms with Crippen LogP contribution in [-0.4, -0.2) is 15.0 Å². The van der Waals surface area contributed by atoms with Gasteiger partial charge in [-0.25, -0.2) is 9.97 Å². The van der Waals surface area contributed by atoms with Crippen molar-refractivity contribution in [3.05, 3.63) is 33.4 Å². The van der Waals surface area contributed by atoms with Crippen LogP contribution in [0.5, 0.6) is 0 Å². The molecule has 2 heterocycles. The van der Waals surface area contributed by atoms with Crippen LogP contribution >= 0.6 is 0 Å². The van der Waals surface area contributed by atoms with Crippen molar-refractivity contribution < 1.29 is 0 Å². The molecule has 16 heavy (non-hydrogen) atoms. The molecule has 1 N–H and O–H groups in total. The van der Waals surface area contributed by atoms with Gasteiger partial charge in [0.05, 0.1) is 0 Å². The van der Waals surface area contributed by atoms with Gasteiger partial charge in [-0.05, 0) is 25.5 Å². The highest BCUT2D eigenvalue weighted by Gasteiger charge is 2.10. The highest BCUT2D eigenvalue weighted by molar-refractivity contribution is 5.73. The van der Waals surface area contributed by atoms with E-state index in [0.717, 1.165) is 16.8 Å². The fraction of sp³-hybridized carbons (Fsp3) is 0.417. The Labute approximate surface area is 93.8 Å². The summed E-state index contributed by atoms with van der Waals surface area (Å²) in [5, 5.41) is 0. The molecule has 0 aliphatic rings. The molecular formula is C12H15N3O. The number of H-pyrrole nitrogens is 1. The Bertz CT molecular complexity index is 599. The summed E-state index contributed by atoms with van der Waals surface area (Å²) >= 11 is 0. The van der Waals surface area contributed by atoms with E-state index in [2.05, 4.69) is 15.0 Å². The summed E-state index contributed by atoms with van der Waals surface area (Å²) in [5.74, 6) is 0.119. The summed E-state index contributed by atoms with van der Waals surface area (Å²) in [4.78, 5) is 23.2. The van der Waals surface area contributed by atoms with Crippen molar-refractivity contribution in [2.45, 2.75) is 33.6 Å². The maximum atomic E-state index is 11.7. The Morgan fingerprint density at radius 1 is 1.25 bits per heavy atom. The topological polar surface area (TPSA) is 58.6 Å². The highest BCUT2D eigenvalue weighted by atomic mass is 16.1. The number of fused-ring (bicyclic) bond motifs is 1. The smallest absolute Gasteiger partial charge is 0.271 e. The number of rotatable bonds is 1. The second-order valence-electron chi connectivity index (χ2n) is 4.38. The molecular weight excluding hydrogens is 202 g/mol. The maximum absolute atomic E-state index is 11.7. The summed E-state index contributed by atoms with van der Waals surface area (Å²) in [6.45, 7) is 7.80. The van der Waals surface area contributed by atoms with Crippen molar-refractivity contribution in [1.82, 2.24) is 15.0 Å². The van der Waals surface area contributed by atoms with Gasteiger partial charge in [0.2, 0.25) is 0 Å². The average Bonchev–Trinajstić information content (AvgIpc) is 2.15. The third-order valence-electron chi connectivity index (χ3n) is 2.56. The lowest BCUT2D eigenvalue weighted by molar-refractivity contribution is 0.805. The van der Waals surface area contributed by atoms with Crippen molar-refractivity contribution >= 4 is 11.2 Å². The predicted molar refractivity (Wildman–Crippen MR) is 63.7 cm³/mol. The summed E-state index contributed by atoms with van der Waals surface area (Å²) in [6.07, 6.45) is 0. The first kappa shape index (κ1) is 10.8. The number of aryl methyl sites for hydroxylation is 2. The van der Waals surface area contributed by atoms with Crippen LogP contribution in [-0.2, 0) is 0 Å². The van der Waals surface area contributed by atoms with Crippen molar-refractivity contribution in [2.75, 3.05) is 0 Å². The Kier molecular flexibility index (Phi) is 2.50. The quantitative estimate of drug-likeness (QED) is 0.795. The third kappa shape index (κ3) is 1.71. The lowest BCUT2D eigenvalue weighted by atomic mass is 10.1. The number of nitrogens with zero attached hydrogens (tertiary/aromatic N) is 2. The van der Waals surface area contributed by atoms with Crippen molar-refractivity contribution in [3.63, 3.8) is 0 Å². The monoisotopic (exact) mass is 217 g/mol. The zero-order valence-corrected chi connectivity index (χ0v) is 9.96. The number of hydrogen-bond donors (Lipinski definition) is 1.